The quantitative estimate of drug-likeness (QED) is 0.855. The van der Waals surface area contributed by atoms with Crippen LogP contribution in [0.15, 0.2) is 18.2 Å². The monoisotopic (exact) mass is 273 g/mol. The summed E-state index contributed by atoms with van der Waals surface area (Å²) in [5.41, 5.74) is -0.469. The average Bonchev–Trinajstić information content (AvgIpc) is 2.21. The molecular formula is C13H17ClFNO2. The van der Waals surface area contributed by atoms with Crippen LogP contribution in [0.2, 0.25) is 5.02 Å². The zero-order valence-electron chi connectivity index (χ0n) is 10.9. The van der Waals surface area contributed by atoms with Crippen molar-refractivity contribution in [3.05, 3.63) is 29.0 Å². The number of carbonyl (C=O) groups excluding carboxylic acids is 1. The van der Waals surface area contributed by atoms with Crippen molar-refractivity contribution in [3.63, 3.8) is 0 Å². The van der Waals surface area contributed by atoms with Crippen molar-refractivity contribution in [2.45, 2.75) is 39.3 Å². The Kier molecular flexibility index (Phi) is 4.57. The van der Waals surface area contributed by atoms with E-state index >= 15 is 0 Å². The Labute approximate surface area is 111 Å². The number of anilines is 1. The van der Waals surface area contributed by atoms with E-state index in [-0.39, 0.29) is 10.7 Å². The maximum absolute atomic E-state index is 13.5. The molecule has 0 aliphatic carbocycles. The number of hydrogen-bond donors (Lipinski definition) is 1. The minimum Gasteiger partial charge on any atom is -0.458 e. The predicted molar refractivity (Wildman–Crippen MR) is 70.3 cm³/mol. The standard InChI is InChI=1S/C13H17ClFNO2/c1-8(12(17)18-13(2,3)4)16-11-9(14)6-5-7-10(11)15/h5-8,16H,1-4H3. The summed E-state index contributed by atoms with van der Waals surface area (Å²) in [7, 11) is 0. The van der Waals surface area contributed by atoms with E-state index in [1.165, 1.54) is 12.1 Å². The molecule has 3 nitrogen and oxygen atoms in total. The second-order valence-electron chi connectivity index (χ2n) is 5.00. The highest BCUT2D eigenvalue weighted by Gasteiger charge is 2.22. The van der Waals surface area contributed by atoms with Crippen LogP contribution in [-0.4, -0.2) is 17.6 Å². The van der Waals surface area contributed by atoms with E-state index in [4.69, 9.17) is 16.3 Å². The number of esters is 1. The molecule has 100 valence electrons. The van der Waals surface area contributed by atoms with Gasteiger partial charge in [0.2, 0.25) is 0 Å². The fraction of sp³-hybridized carbons (Fsp3) is 0.462. The van der Waals surface area contributed by atoms with Crippen LogP contribution in [0.25, 0.3) is 0 Å². The molecule has 0 radical (unpaired) electrons. The summed E-state index contributed by atoms with van der Waals surface area (Å²) in [4.78, 5) is 11.7. The number of carbonyl (C=O) groups is 1. The molecule has 0 aliphatic heterocycles. The first-order chi connectivity index (χ1) is 8.20. The van der Waals surface area contributed by atoms with Gasteiger partial charge in [0.25, 0.3) is 0 Å². The number of hydrogen-bond acceptors (Lipinski definition) is 3. The fourth-order valence-corrected chi connectivity index (χ4v) is 1.52. The Balaban J connectivity index is 2.76. The van der Waals surface area contributed by atoms with Crippen LogP contribution < -0.4 is 5.32 Å². The van der Waals surface area contributed by atoms with Gasteiger partial charge < -0.3 is 10.1 Å². The molecule has 0 saturated heterocycles. The van der Waals surface area contributed by atoms with Crippen LogP contribution in [0.5, 0.6) is 0 Å². The van der Waals surface area contributed by atoms with Gasteiger partial charge in [-0.2, -0.15) is 0 Å². The maximum Gasteiger partial charge on any atom is 0.328 e. The normalized spacial score (nSPS) is 13.0. The molecule has 0 spiro atoms. The lowest BCUT2D eigenvalue weighted by molar-refractivity contribution is -0.155. The SMILES string of the molecule is CC(Nc1c(F)cccc1Cl)C(=O)OC(C)(C)C. The largest absolute Gasteiger partial charge is 0.458 e. The van der Waals surface area contributed by atoms with E-state index in [9.17, 15) is 9.18 Å². The molecule has 0 aliphatic rings. The maximum atomic E-state index is 13.5. The number of para-hydroxylation sites is 1. The van der Waals surface area contributed by atoms with Gasteiger partial charge in [-0.3, -0.25) is 0 Å². The first-order valence-corrected chi connectivity index (χ1v) is 6.02. The van der Waals surface area contributed by atoms with Gasteiger partial charge in [0, 0.05) is 0 Å². The highest BCUT2D eigenvalue weighted by atomic mass is 35.5. The first-order valence-electron chi connectivity index (χ1n) is 5.64. The number of rotatable bonds is 3. The van der Waals surface area contributed by atoms with E-state index in [1.807, 2.05) is 0 Å². The van der Waals surface area contributed by atoms with Gasteiger partial charge in [-0.15, -0.1) is 0 Å². The van der Waals surface area contributed by atoms with Crippen molar-refractivity contribution in [2.24, 2.45) is 0 Å². The smallest absolute Gasteiger partial charge is 0.328 e. The van der Waals surface area contributed by atoms with Gasteiger partial charge >= 0.3 is 5.97 Å². The van der Waals surface area contributed by atoms with E-state index in [2.05, 4.69) is 5.32 Å². The summed E-state index contributed by atoms with van der Waals surface area (Å²) in [5, 5.41) is 2.95. The van der Waals surface area contributed by atoms with E-state index in [0.29, 0.717) is 0 Å². The van der Waals surface area contributed by atoms with Crippen LogP contribution in [0.3, 0.4) is 0 Å². The molecule has 1 N–H and O–H groups in total. The molecule has 18 heavy (non-hydrogen) atoms. The first kappa shape index (κ1) is 14.8. The summed E-state index contributed by atoms with van der Waals surface area (Å²) in [6.07, 6.45) is 0. The van der Waals surface area contributed by atoms with Crippen molar-refractivity contribution in [3.8, 4) is 0 Å². The van der Waals surface area contributed by atoms with Crippen molar-refractivity contribution < 1.29 is 13.9 Å². The third-order valence-corrected chi connectivity index (χ3v) is 2.40. The lowest BCUT2D eigenvalue weighted by Gasteiger charge is -2.23. The molecule has 0 aromatic heterocycles. The number of halogens is 2. The average molecular weight is 274 g/mol. The van der Waals surface area contributed by atoms with Crippen molar-refractivity contribution in [2.75, 3.05) is 5.32 Å². The topological polar surface area (TPSA) is 38.3 Å². The van der Waals surface area contributed by atoms with Crippen LogP contribution in [0, 0.1) is 5.82 Å². The van der Waals surface area contributed by atoms with E-state index in [1.54, 1.807) is 33.8 Å². The molecule has 0 bridgehead atoms. The fourth-order valence-electron chi connectivity index (χ4n) is 1.30. The molecule has 0 heterocycles. The second-order valence-corrected chi connectivity index (χ2v) is 5.40. The lowest BCUT2D eigenvalue weighted by Crippen LogP contribution is -2.34. The summed E-state index contributed by atoms with van der Waals surface area (Å²) >= 11 is 5.86. The van der Waals surface area contributed by atoms with Gasteiger partial charge in [-0.05, 0) is 39.8 Å². The lowest BCUT2D eigenvalue weighted by atomic mass is 10.2. The zero-order chi connectivity index (χ0) is 13.9. The molecule has 1 atom stereocenters. The van der Waals surface area contributed by atoms with Crippen molar-refractivity contribution in [1.29, 1.82) is 0 Å². The van der Waals surface area contributed by atoms with Crippen LogP contribution >= 0.6 is 11.6 Å². The van der Waals surface area contributed by atoms with Crippen LogP contribution in [0.1, 0.15) is 27.7 Å². The molecule has 1 aromatic rings. The Hall–Kier alpha value is -1.29. The van der Waals surface area contributed by atoms with Gasteiger partial charge in [0.15, 0.2) is 0 Å². The van der Waals surface area contributed by atoms with Gasteiger partial charge in [0.1, 0.15) is 17.5 Å². The molecular weight excluding hydrogens is 257 g/mol. The summed E-state index contributed by atoms with van der Waals surface area (Å²) in [6, 6.07) is 3.64. The third-order valence-electron chi connectivity index (χ3n) is 2.08. The third kappa shape index (κ3) is 4.18. The Bertz CT molecular complexity index is 423. The highest BCUT2D eigenvalue weighted by Crippen LogP contribution is 2.25. The summed E-state index contributed by atoms with van der Waals surface area (Å²) in [5.74, 6) is -0.959. The molecule has 5 heteroatoms. The number of ether oxygens (including phenoxy) is 1. The molecule has 1 rings (SSSR count). The van der Waals surface area contributed by atoms with Crippen LogP contribution in [0.4, 0.5) is 10.1 Å². The molecule has 0 fully saturated rings. The second kappa shape index (κ2) is 5.57. The Morgan fingerprint density at radius 2 is 2.06 bits per heavy atom. The minimum absolute atomic E-state index is 0.109. The minimum atomic E-state index is -0.682. The van der Waals surface area contributed by atoms with E-state index in [0.717, 1.165) is 0 Å². The molecule has 0 saturated carbocycles. The van der Waals surface area contributed by atoms with Gasteiger partial charge in [-0.25, -0.2) is 9.18 Å². The molecule has 0 amide bonds. The van der Waals surface area contributed by atoms with Crippen molar-refractivity contribution >= 4 is 23.3 Å². The van der Waals surface area contributed by atoms with Crippen LogP contribution in [-0.2, 0) is 9.53 Å². The van der Waals surface area contributed by atoms with Gasteiger partial charge in [-0.1, -0.05) is 17.7 Å². The Morgan fingerprint density at radius 1 is 1.44 bits per heavy atom. The summed E-state index contributed by atoms with van der Waals surface area (Å²) < 4.78 is 18.7. The molecule has 1 unspecified atom stereocenters. The zero-order valence-corrected chi connectivity index (χ0v) is 11.6. The van der Waals surface area contributed by atoms with E-state index < -0.39 is 23.4 Å². The predicted octanol–water partition coefficient (Wildman–Crippen LogP) is 3.62. The van der Waals surface area contributed by atoms with Gasteiger partial charge in [0.05, 0.1) is 10.7 Å². The Morgan fingerprint density at radius 3 is 2.56 bits per heavy atom. The highest BCUT2D eigenvalue weighted by molar-refractivity contribution is 6.33. The van der Waals surface area contributed by atoms with Crippen molar-refractivity contribution in [1.82, 2.24) is 0 Å². The number of nitrogens with one attached hydrogen (secondary N) is 1. The molecule has 1 aromatic carbocycles. The number of benzene rings is 1. The summed E-state index contributed by atoms with van der Waals surface area (Å²) in [6.45, 7) is 6.91.